The standard InChI is InChI=1S/C20H20ClNO4/c1-12(23)13-6-8-15(9-7-13)22-20(24)14-10-17(21)19(25-2)18(11-14)26-16-4-3-5-16/h6-11,16H,3-5H2,1-2H3,(H,22,24). The summed E-state index contributed by atoms with van der Waals surface area (Å²) >= 11 is 6.26. The lowest BCUT2D eigenvalue weighted by Gasteiger charge is -2.27. The van der Waals surface area contributed by atoms with Crippen molar-refractivity contribution in [1.82, 2.24) is 0 Å². The van der Waals surface area contributed by atoms with Crippen LogP contribution in [-0.2, 0) is 0 Å². The maximum Gasteiger partial charge on any atom is 0.255 e. The summed E-state index contributed by atoms with van der Waals surface area (Å²) in [4.78, 5) is 23.9. The molecule has 1 aliphatic carbocycles. The summed E-state index contributed by atoms with van der Waals surface area (Å²) in [7, 11) is 1.52. The Bertz CT molecular complexity index is 828. The molecule has 0 heterocycles. The van der Waals surface area contributed by atoms with Crippen molar-refractivity contribution < 1.29 is 19.1 Å². The Morgan fingerprint density at radius 3 is 2.35 bits per heavy atom. The van der Waals surface area contributed by atoms with Crippen molar-refractivity contribution in [3.05, 3.63) is 52.5 Å². The number of hydrogen-bond acceptors (Lipinski definition) is 4. The highest BCUT2D eigenvalue weighted by Crippen LogP contribution is 2.39. The summed E-state index contributed by atoms with van der Waals surface area (Å²) in [6.45, 7) is 1.50. The Balaban J connectivity index is 1.80. The molecule has 0 unspecified atom stereocenters. The van der Waals surface area contributed by atoms with Gasteiger partial charge in [-0.05, 0) is 62.6 Å². The van der Waals surface area contributed by atoms with Gasteiger partial charge in [-0.3, -0.25) is 9.59 Å². The first kappa shape index (κ1) is 18.3. The summed E-state index contributed by atoms with van der Waals surface area (Å²) in [6.07, 6.45) is 3.24. The number of carbonyl (C=O) groups is 2. The number of carbonyl (C=O) groups excluding carboxylic acids is 2. The van der Waals surface area contributed by atoms with E-state index in [1.807, 2.05) is 0 Å². The lowest BCUT2D eigenvalue weighted by Crippen LogP contribution is -2.25. The van der Waals surface area contributed by atoms with Crippen LogP contribution in [-0.4, -0.2) is 24.9 Å². The average molecular weight is 374 g/mol. The van der Waals surface area contributed by atoms with Crippen LogP contribution in [0, 0.1) is 0 Å². The van der Waals surface area contributed by atoms with Crippen LogP contribution >= 0.6 is 11.6 Å². The van der Waals surface area contributed by atoms with Crippen LogP contribution in [0.2, 0.25) is 5.02 Å². The molecule has 1 N–H and O–H groups in total. The van der Waals surface area contributed by atoms with Crippen molar-refractivity contribution in [1.29, 1.82) is 0 Å². The predicted octanol–water partition coefficient (Wildman–Crippen LogP) is 4.73. The Morgan fingerprint density at radius 1 is 1.12 bits per heavy atom. The minimum atomic E-state index is -0.316. The van der Waals surface area contributed by atoms with Gasteiger partial charge in [-0.2, -0.15) is 0 Å². The van der Waals surface area contributed by atoms with Crippen LogP contribution in [0.5, 0.6) is 11.5 Å². The molecule has 0 atom stereocenters. The van der Waals surface area contributed by atoms with E-state index in [9.17, 15) is 9.59 Å². The number of nitrogens with one attached hydrogen (secondary N) is 1. The van der Waals surface area contributed by atoms with Gasteiger partial charge < -0.3 is 14.8 Å². The van der Waals surface area contributed by atoms with Crippen molar-refractivity contribution in [2.45, 2.75) is 32.3 Å². The number of amides is 1. The number of ketones is 1. The molecule has 1 aliphatic rings. The first-order valence-corrected chi connectivity index (χ1v) is 8.82. The molecule has 1 fully saturated rings. The second kappa shape index (κ2) is 7.79. The monoisotopic (exact) mass is 373 g/mol. The van der Waals surface area contributed by atoms with Crippen molar-refractivity contribution >= 4 is 29.0 Å². The molecule has 3 rings (SSSR count). The highest BCUT2D eigenvalue weighted by atomic mass is 35.5. The third-order valence-electron chi connectivity index (χ3n) is 4.37. The van der Waals surface area contributed by atoms with Crippen molar-refractivity contribution in [2.75, 3.05) is 12.4 Å². The fourth-order valence-electron chi connectivity index (χ4n) is 2.64. The minimum absolute atomic E-state index is 0.0254. The Kier molecular flexibility index (Phi) is 5.47. The third-order valence-corrected chi connectivity index (χ3v) is 4.65. The van der Waals surface area contributed by atoms with E-state index in [0.29, 0.717) is 33.3 Å². The molecule has 0 radical (unpaired) electrons. The zero-order valence-electron chi connectivity index (χ0n) is 14.7. The van der Waals surface area contributed by atoms with Gasteiger partial charge in [0.05, 0.1) is 18.2 Å². The van der Waals surface area contributed by atoms with Gasteiger partial charge in [0.25, 0.3) is 5.91 Å². The molecule has 136 valence electrons. The van der Waals surface area contributed by atoms with Crippen molar-refractivity contribution in [3.63, 3.8) is 0 Å². The summed E-state index contributed by atoms with van der Waals surface area (Å²) in [5.41, 5.74) is 1.56. The average Bonchev–Trinajstić information content (AvgIpc) is 2.58. The number of benzene rings is 2. The van der Waals surface area contributed by atoms with Crippen LogP contribution in [0.3, 0.4) is 0 Å². The smallest absolute Gasteiger partial charge is 0.255 e. The van der Waals surface area contributed by atoms with Gasteiger partial charge in [0.2, 0.25) is 0 Å². The lowest BCUT2D eigenvalue weighted by molar-refractivity contribution is 0.101. The maximum absolute atomic E-state index is 12.6. The summed E-state index contributed by atoms with van der Waals surface area (Å²) in [6, 6.07) is 9.90. The molecule has 0 spiro atoms. The molecular weight excluding hydrogens is 354 g/mol. The quantitative estimate of drug-likeness (QED) is 0.743. The number of methoxy groups -OCH3 is 1. The molecule has 0 aliphatic heterocycles. The van der Waals surface area contributed by atoms with Gasteiger partial charge in [0, 0.05) is 16.8 Å². The van der Waals surface area contributed by atoms with Crippen molar-refractivity contribution in [2.24, 2.45) is 0 Å². The largest absolute Gasteiger partial charge is 0.491 e. The van der Waals surface area contributed by atoms with Crippen molar-refractivity contribution in [3.8, 4) is 11.5 Å². The Labute approximate surface area is 157 Å². The number of ether oxygens (including phenoxy) is 2. The van der Waals surface area contributed by atoms with Gasteiger partial charge in [-0.1, -0.05) is 11.6 Å². The van der Waals surface area contributed by atoms with Gasteiger partial charge >= 0.3 is 0 Å². The second-order valence-electron chi connectivity index (χ2n) is 6.25. The predicted molar refractivity (Wildman–Crippen MR) is 101 cm³/mol. The first-order chi connectivity index (χ1) is 12.5. The SMILES string of the molecule is COc1c(Cl)cc(C(=O)Nc2ccc(C(C)=O)cc2)cc1OC1CCC1. The Morgan fingerprint density at radius 2 is 1.81 bits per heavy atom. The van der Waals surface area contributed by atoms with Gasteiger partial charge in [0.1, 0.15) is 0 Å². The summed E-state index contributed by atoms with van der Waals surface area (Å²) in [5, 5.41) is 3.11. The molecule has 1 amide bonds. The van der Waals surface area contributed by atoms with Crippen LogP contribution in [0.1, 0.15) is 46.9 Å². The van der Waals surface area contributed by atoms with E-state index in [2.05, 4.69) is 5.32 Å². The number of Topliss-reactive ketones (excluding diaryl/α,β-unsaturated/α-hetero) is 1. The summed E-state index contributed by atoms with van der Waals surface area (Å²) in [5.74, 6) is 0.564. The van der Waals surface area contributed by atoms with E-state index < -0.39 is 0 Å². The molecule has 0 saturated heterocycles. The van der Waals surface area contributed by atoms with Crippen LogP contribution in [0.4, 0.5) is 5.69 Å². The number of rotatable bonds is 6. The van der Waals surface area contributed by atoms with Gasteiger partial charge in [-0.15, -0.1) is 0 Å². The van der Waals surface area contributed by atoms with E-state index >= 15 is 0 Å². The van der Waals surface area contributed by atoms with Crippen LogP contribution < -0.4 is 14.8 Å². The molecule has 0 bridgehead atoms. The van der Waals surface area contributed by atoms with Crippen LogP contribution in [0.25, 0.3) is 0 Å². The molecular formula is C20H20ClNO4. The van der Waals surface area contributed by atoms with Crippen LogP contribution in [0.15, 0.2) is 36.4 Å². The number of halogens is 1. The molecule has 2 aromatic carbocycles. The minimum Gasteiger partial charge on any atom is -0.491 e. The van der Waals surface area contributed by atoms with E-state index in [0.717, 1.165) is 19.3 Å². The molecule has 5 nitrogen and oxygen atoms in total. The highest BCUT2D eigenvalue weighted by molar-refractivity contribution is 6.32. The van der Waals surface area contributed by atoms with E-state index in [-0.39, 0.29) is 17.8 Å². The van der Waals surface area contributed by atoms with E-state index in [1.54, 1.807) is 36.4 Å². The molecule has 1 saturated carbocycles. The Hall–Kier alpha value is -2.53. The fourth-order valence-corrected chi connectivity index (χ4v) is 2.93. The number of hydrogen-bond donors (Lipinski definition) is 1. The third kappa shape index (κ3) is 3.99. The lowest BCUT2D eigenvalue weighted by atomic mass is 9.96. The van der Waals surface area contributed by atoms with Gasteiger partial charge in [0.15, 0.2) is 17.3 Å². The second-order valence-corrected chi connectivity index (χ2v) is 6.66. The van der Waals surface area contributed by atoms with E-state index in [4.69, 9.17) is 21.1 Å². The molecule has 2 aromatic rings. The molecule has 0 aromatic heterocycles. The topological polar surface area (TPSA) is 64.6 Å². The normalized spacial score (nSPS) is 13.7. The zero-order chi connectivity index (χ0) is 18.7. The molecule has 6 heteroatoms. The fraction of sp³-hybridized carbons (Fsp3) is 0.300. The first-order valence-electron chi connectivity index (χ1n) is 8.44. The zero-order valence-corrected chi connectivity index (χ0v) is 15.4. The van der Waals surface area contributed by atoms with E-state index in [1.165, 1.54) is 14.0 Å². The summed E-state index contributed by atoms with van der Waals surface area (Å²) < 4.78 is 11.2. The van der Waals surface area contributed by atoms with Gasteiger partial charge in [-0.25, -0.2) is 0 Å². The highest BCUT2D eigenvalue weighted by Gasteiger charge is 2.23. The number of anilines is 1. The molecule has 26 heavy (non-hydrogen) atoms. The maximum atomic E-state index is 12.6.